The summed E-state index contributed by atoms with van der Waals surface area (Å²) in [5, 5.41) is 5.47. The number of aromatic amines is 2. The number of hydrogen-bond donors (Lipinski definition) is 3. The lowest BCUT2D eigenvalue weighted by Crippen LogP contribution is -2.28. The van der Waals surface area contributed by atoms with Gasteiger partial charge in [0, 0.05) is 24.2 Å². The van der Waals surface area contributed by atoms with E-state index in [0.717, 1.165) is 5.69 Å². The highest BCUT2D eigenvalue weighted by Crippen LogP contribution is 2.12. The SMILES string of the molecule is Cc1cnc([C@H](C)NC(=O)c2cnc3cc(=O)[nH]n3c2C)[nH]1. The molecule has 0 aliphatic rings. The van der Waals surface area contributed by atoms with Gasteiger partial charge >= 0.3 is 0 Å². The van der Waals surface area contributed by atoms with Gasteiger partial charge < -0.3 is 10.3 Å². The van der Waals surface area contributed by atoms with Gasteiger partial charge in [-0.05, 0) is 20.8 Å². The lowest BCUT2D eigenvalue weighted by Gasteiger charge is -2.13. The number of nitrogens with zero attached hydrogens (tertiary/aromatic N) is 3. The average molecular weight is 300 g/mol. The molecule has 1 atom stereocenters. The molecule has 0 aliphatic carbocycles. The second-order valence-electron chi connectivity index (χ2n) is 5.22. The summed E-state index contributed by atoms with van der Waals surface area (Å²) in [6.07, 6.45) is 3.18. The van der Waals surface area contributed by atoms with E-state index < -0.39 is 0 Å². The summed E-state index contributed by atoms with van der Waals surface area (Å²) >= 11 is 0. The third-order valence-electron chi connectivity index (χ3n) is 3.49. The molecule has 0 radical (unpaired) electrons. The van der Waals surface area contributed by atoms with E-state index in [9.17, 15) is 9.59 Å². The predicted octanol–water partition coefficient (Wildman–Crippen LogP) is 0.854. The van der Waals surface area contributed by atoms with Crippen molar-refractivity contribution in [3.05, 3.63) is 51.6 Å². The first-order valence-electron chi connectivity index (χ1n) is 6.85. The zero-order valence-electron chi connectivity index (χ0n) is 12.5. The molecule has 0 spiro atoms. The highest BCUT2D eigenvalue weighted by molar-refractivity contribution is 5.95. The molecule has 8 nitrogen and oxygen atoms in total. The highest BCUT2D eigenvalue weighted by Gasteiger charge is 2.17. The minimum atomic E-state index is -0.275. The fourth-order valence-electron chi connectivity index (χ4n) is 2.30. The molecule has 0 saturated carbocycles. The smallest absolute Gasteiger partial charge is 0.266 e. The average Bonchev–Trinajstić information content (AvgIpc) is 3.04. The molecule has 0 fully saturated rings. The van der Waals surface area contributed by atoms with Crippen molar-refractivity contribution in [2.24, 2.45) is 0 Å². The number of carbonyl (C=O) groups is 1. The predicted molar refractivity (Wildman–Crippen MR) is 79.8 cm³/mol. The highest BCUT2D eigenvalue weighted by atomic mass is 16.2. The Morgan fingerprint density at radius 3 is 2.77 bits per heavy atom. The quantitative estimate of drug-likeness (QED) is 0.666. The lowest BCUT2D eigenvalue weighted by atomic mass is 10.2. The van der Waals surface area contributed by atoms with Crippen molar-refractivity contribution < 1.29 is 4.79 Å². The van der Waals surface area contributed by atoms with Crippen LogP contribution in [0.2, 0.25) is 0 Å². The topological polar surface area (TPSA) is 108 Å². The van der Waals surface area contributed by atoms with Gasteiger partial charge in [0.2, 0.25) is 0 Å². The van der Waals surface area contributed by atoms with Gasteiger partial charge in [-0.15, -0.1) is 0 Å². The van der Waals surface area contributed by atoms with Crippen LogP contribution >= 0.6 is 0 Å². The Morgan fingerprint density at radius 1 is 1.32 bits per heavy atom. The first kappa shape index (κ1) is 14.1. The van der Waals surface area contributed by atoms with E-state index in [4.69, 9.17) is 0 Å². The van der Waals surface area contributed by atoms with Crippen molar-refractivity contribution >= 4 is 11.6 Å². The summed E-state index contributed by atoms with van der Waals surface area (Å²) in [7, 11) is 0. The van der Waals surface area contributed by atoms with E-state index in [2.05, 4.69) is 25.4 Å². The lowest BCUT2D eigenvalue weighted by molar-refractivity contribution is 0.0936. The Morgan fingerprint density at radius 2 is 2.09 bits per heavy atom. The number of imidazole rings is 1. The summed E-state index contributed by atoms with van der Waals surface area (Å²) in [6.45, 7) is 5.49. The second-order valence-corrected chi connectivity index (χ2v) is 5.22. The molecule has 3 heterocycles. The number of fused-ring (bicyclic) bond motifs is 1. The van der Waals surface area contributed by atoms with E-state index in [1.54, 1.807) is 13.1 Å². The number of amides is 1. The van der Waals surface area contributed by atoms with Crippen molar-refractivity contribution in [1.29, 1.82) is 0 Å². The van der Waals surface area contributed by atoms with Crippen LogP contribution < -0.4 is 10.9 Å². The van der Waals surface area contributed by atoms with Gasteiger partial charge in [-0.2, -0.15) is 0 Å². The van der Waals surface area contributed by atoms with Crippen molar-refractivity contribution in [2.75, 3.05) is 0 Å². The van der Waals surface area contributed by atoms with Gasteiger partial charge in [0.15, 0.2) is 5.65 Å². The monoisotopic (exact) mass is 300 g/mol. The molecule has 0 aromatic carbocycles. The Labute approximate surface area is 125 Å². The molecule has 3 rings (SSSR count). The molecule has 0 aliphatic heterocycles. The van der Waals surface area contributed by atoms with Crippen LogP contribution in [-0.2, 0) is 0 Å². The number of nitrogens with one attached hydrogen (secondary N) is 3. The van der Waals surface area contributed by atoms with E-state index in [1.807, 2.05) is 13.8 Å². The maximum absolute atomic E-state index is 12.4. The van der Waals surface area contributed by atoms with Crippen LogP contribution in [0.25, 0.3) is 5.65 Å². The third-order valence-corrected chi connectivity index (χ3v) is 3.49. The fourth-order valence-corrected chi connectivity index (χ4v) is 2.30. The molecule has 1 amide bonds. The standard InChI is InChI=1S/C14H16N6O2/c1-7-5-16-13(17-7)8(2)18-14(22)10-6-15-11-4-12(21)19-20(11)9(10)3/h4-6,8H,1-3H3,(H,16,17)(H,18,22)(H,19,21)/t8-/m0/s1. The number of rotatable bonds is 3. The molecule has 3 aromatic heterocycles. The van der Waals surface area contributed by atoms with Gasteiger partial charge in [0.1, 0.15) is 5.82 Å². The van der Waals surface area contributed by atoms with Crippen molar-refractivity contribution in [1.82, 2.24) is 29.9 Å². The van der Waals surface area contributed by atoms with Crippen LogP contribution in [0.4, 0.5) is 0 Å². The Hall–Kier alpha value is -2.90. The molecule has 22 heavy (non-hydrogen) atoms. The number of aromatic nitrogens is 5. The second kappa shape index (κ2) is 5.14. The fraction of sp³-hybridized carbons (Fsp3) is 0.286. The Balaban J connectivity index is 1.88. The minimum absolute atomic E-state index is 0.257. The van der Waals surface area contributed by atoms with E-state index >= 15 is 0 Å². The maximum Gasteiger partial charge on any atom is 0.266 e. The molecule has 8 heteroatoms. The summed E-state index contributed by atoms with van der Waals surface area (Å²) in [4.78, 5) is 35.2. The van der Waals surface area contributed by atoms with Gasteiger partial charge in [-0.25, -0.2) is 14.5 Å². The molecule has 0 saturated heterocycles. The van der Waals surface area contributed by atoms with Crippen LogP contribution in [0.5, 0.6) is 0 Å². The number of H-pyrrole nitrogens is 2. The first-order valence-corrected chi connectivity index (χ1v) is 6.85. The molecule has 0 bridgehead atoms. The maximum atomic E-state index is 12.4. The molecular formula is C14H16N6O2. The zero-order valence-corrected chi connectivity index (χ0v) is 12.5. The summed E-state index contributed by atoms with van der Waals surface area (Å²) in [5.41, 5.74) is 2.17. The van der Waals surface area contributed by atoms with E-state index in [1.165, 1.54) is 16.8 Å². The molecule has 114 valence electrons. The third kappa shape index (κ3) is 2.39. The van der Waals surface area contributed by atoms with Gasteiger partial charge in [-0.3, -0.25) is 14.7 Å². The minimum Gasteiger partial charge on any atom is -0.344 e. The van der Waals surface area contributed by atoms with E-state index in [0.29, 0.717) is 22.7 Å². The van der Waals surface area contributed by atoms with Crippen LogP contribution in [0, 0.1) is 13.8 Å². The Kier molecular flexibility index (Phi) is 3.28. The summed E-state index contributed by atoms with van der Waals surface area (Å²) < 4.78 is 1.50. The van der Waals surface area contributed by atoms with Crippen LogP contribution in [0.1, 0.15) is 40.5 Å². The van der Waals surface area contributed by atoms with Gasteiger partial charge in [0.05, 0.1) is 17.3 Å². The number of carbonyl (C=O) groups excluding carboxylic acids is 1. The largest absolute Gasteiger partial charge is 0.344 e. The number of aryl methyl sites for hydroxylation is 2. The van der Waals surface area contributed by atoms with Gasteiger partial charge in [0.25, 0.3) is 11.5 Å². The Bertz CT molecular complexity index is 904. The van der Waals surface area contributed by atoms with Crippen molar-refractivity contribution in [2.45, 2.75) is 26.8 Å². The van der Waals surface area contributed by atoms with Crippen LogP contribution in [0.3, 0.4) is 0 Å². The number of hydrogen-bond acceptors (Lipinski definition) is 4. The van der Waals surface area contributed by atoms with Crippen LogP contribution in [0.15, 0.2) is 23.3 Å². The molecule has 3 aromatic rings. The summed E-state index contributed by atoms with van der Waals surface area (Å²) in [5.74, 6) is 0.412. The van der Waals surface area contributed by atoms with Crippen molar-refractivity contribution in [3.63, 3.8) is 0 Å². The van der Waals surface area contributed by atoms with Gasteiger partial charge in [-0.1, -0.05) is 0 Å². The van der Waals surface area contributed by atoms with Crippen molar-refractivity contribution in [3.8, 4) is 0 Å². The normalized spacial score (nSPS) is 12.5. The zero-order chi connectivity index (χ0) is 15.9. The molecular weight excluding hydrogens is 284 g/mol. The molecule has 0 unspecified atom stereocenters. The molecule has 3 N–H and O–H groups in total. The first-order chi connectivity index (χ1) is 10.5. The van der Waals surface area contributed by atoms with E-state index in [-0.39, 0.29) is 17.5 Å². The van der Waals surface area contributed by atoms with Crippen LogP contribution in [-0.4, -0.2) is 30.5 Å². The summed E-state index contributed by atoms with van der Waals surface area (Å²) in [6, 6.07) is 1.11.